The molecule has 1 aromatic heterocycles. The van der Waals surface area contributed by atoms with Gasteiger partial charge >= 0.3 is 0 Å². The number of thiophene rings is 1. The number of hydrogen-bond acceptors (Lipinski definition) is 3. The molecule has 0 radical (unpaired) electrons. The summed E-state index contributed by atoms with van der Waals surface area (Å²) in [5, 5.41) is 2.70. The van der Waals surface area contributed by atoms with E-state index in [0.29, 0.717) is 10.6 Å². The molecule has 1 aliphatic heterocycles. The van der Waals surface area contributed by atoms with Crippen LogP contribution in [0.1, 0.15) is 20.6 Å². The van der Waals surface area contributed by atoms with Gasteiger partial charge in [-0.15, -0.1) is 23.1 Å². The van der Waals surface area contributed by atoms with Gasteiger partial charge in [-0.1, -0.05) is 29.8 Å². The number of carbonyl (C=O) groups is 1. The van der Waals surface area contributed by atoms with E-state index in [1.54, 1.807) is 23.5 Å². The zero-order valence-corrected chi connectivity index (χ0v) is 12.5. The van der Waals surface area contributed by atoms with Crippen molar-refractivity contribution < 1.29 is 4.79 Å². The van der Waals surface area contributed by atoms with Crippen LogP contribution in [0.25, 0.3) is 0 Å². The fraction of sp³-hybridized carbons (Fsp3) is 0.214. The number of rotatable bonds is 2. The van der Waals surface area contributed by atoms with Crippen LogP contribution in [-0.2, 0) is 0 Å². The summed E-state index contributed by atoms with van der Waals surface area (Å²) in [6, 6.07) is 11.4. The summed E-state index contributed by atoms with van der Waals surface area (Å²) in [7, 11) is 0. The molecule has 2 heterocycles. The second kappa shape index (κ2) is 5.57. The monoisotopic (exact) mass is 309 g/mol. The smallest absolute Gasteiger partial charge is 0.256 e. The highest BCUT2D eigenvalue weighted by Crippen LogP contribution is 2.41. The van der Waals surface area contributed by atoms with E-state index in [2.05, 4.69) is 6.07 Å². The fourth-order valence-corrected chi connectivity index (χ4v) is 4.59. The third-order valence-electron chi connectivity index (χ3n) is 3.04. The fourth-order valence-electron chi connectivity index (χ4n) is 2.13. The van der Waals surface area contributed by atoms with Crippen LogP contribution in [0.2, 0.25) is 5.02 Å². The van der Waals surface area contributed by atoms with Gasteiger partial charge in [0.05, 0.1) is 10.6 Å². The largest absolute Gasteiger partial charge is 0.321 e. The minimum absolute atomic E-state index is 0.0222. The van der Waals surface area contributed by atoms with Gasteiger partial charge in [0.1, 0.15) is 5.37 Å². The van der Waals surface area contributed by atoms with Crippen LogP contribution in [0.4, 0.5) is 0 Å². The van der Waals surface area contributed by atoms with E-state index in [1.165, 1.54) is 4.88 Å². The zero-order valence-electron chi connectivity index (χ0n) is 10.1. The number of hydrogen-bond donors (Lipinski definition) is 0. The summed E-state index contributed by atoms with van der Waals surface area (Å²) in [6.45, 7) is 0.775. The molecule has 2 nitrogen and oxygen atoms in total. The molecule has 0 aliphatic carbocycles. The van der Waals surface area contributed by atoms with Crippen molar-refractivity contribution in [3.05, 3.63) is 57.2 Å². The van der Waals surface area contributed by atoms with Gasteiger partial charge in [-0.05, 0) is 23.6 Å². The zero-order chi connectivity index (χ0) is 13.2. The molecule has 0 spiro atoms. The van der Waals surface area contributed by atoms with Gasteiger partial charge in [0.25, 0.3) is 5.91 Å². The lowest BCUT2D eigenvalue weighted by Gasteiger charge is -2.23. The molecular formula is C14H12ClNOS2. The molecule has 0 N–H and O–H groups in total. The van der Waals surface area contributed by atoms with E-state index >= 15 is 0 Å². The molecule has 1 amide bonds. The van der Waals surface area contributed by atoms with Crippen LogP contribution in [0.3, 0.4) is 0 Å². The molecular weight excluding hydrogens is 298 g/mol. The van der Waals surface area contributed by atoms with Gasteiger partial charge < -0.3 is 4.90 Å². The van der Waals surface area contributed by atoms with Crippen molar-refractivity contribution in [1.82, 2.24) is 4.90 Å². The molecule has 0 saturated carbocycles. The molecule has 1 saturated heterocycles. The number of halogens is 1. The van der Waals surface area contributed by atoms with Gasteiger partial charge in [0, 0.05) is 17.2 Å². The number of nitrogens with zero attached hydrogens (tertiary/aromatic N) is 1. The van der Waals surface area contributed by atoms with Gasteiger partial charge in [-0.25, -0.2) is 0 Å². The quantitative estimate of drug-likeness (QED) is 0.825. The lowest BCUT2D eigenvalue weighted by atomic mass is 10.2. The van der Waals surface area contributed by atoms with Crippen molar-refractivity contribution in [3.8, 4) is 0 Å². The molecule has 1 atom stereocenters. The third kappa shape index (κ3) is 2.53. The number of benzene rings is 1. The van der Waals surface area contributed by atoms with Gasteiger partial charge in [-0.2, -0.15) is 0 Å². The molecule has 98 valence electrons. The van der Waals surface area contributed by atoms with Crippen molar-refractivity contribution in [2.24, 2.45) is 0 Å². The topological polar surface area (TPSA) is 20.3 Å². The van der Waals surface area contributed by atoms with E-state index in [0.717, 1.165) is 12.3 Å². The molecule has 5 heteroatoms. The Morgan fingerprint density at radius 3 is 2.84 bits per heavy atom. The first kappa shape index (κ1) is 13.0. The lowest BCUT2D eigenvalue weighted by molar-refractivity contribution is 0.0762. The molecule has 1 fully saturated rings. The number of carbonyl (C=O) groups excluding carboxylic acids is 1. The minimum atomic E-state index is 0.0222. The molecule has 1 aliphatic rings. The van der Waals surface area contributed by atoms with E-state index in [9.17, 15) is 4.79 Å². The summed E-state index contributed by atoms with van der Waals surface area (Å²) < 4.78 is 0. The normalized spacial score (nSPS) is 18.8. The van der Waals surface area contributed by atoms with Crippen LogP contribution in [0.15, 0.2) is 41.8 Å². The summed E-state index contributed by atoms with van der Waals surface area (Å²) >= 11 is 9.62. The van der Waals surface area contributed by atoms with E-state index in [1.807, 2.05) is 40.2 Å². The van der Waals surface area contributed by atoms with Crippen LogP contribution in [0, 0.1) is 0 Å². The van der Waals surface area contributed by atoms with E-state index in [4.69, 9.17) is 11.6 Å². The van der Waals surface area contributed by atoms with Gasteiger partial charge in [-0.3, -0.25) is 4.79 Å². The van der Waals surface area contributed by atoms with Crippen LogP contribution < -0.4 is 0 Å². The summed E-state index contributed by atoms with van der Waals surface area (Å²) in [6.07, 6.45) is 0. The molecule has 0 unspecified atom stereocenters. The maximum Gasteiger partial charge on any atom is 0.256 e. The van der Waals surface area contributed by atoms with Crippen molar-refractivity contribution in [3.63, 3.8) is 0 Å². The number of amides is 1. The first-order valence-corrected chi connectivity index (χ1v) is 8.28. The average Bonchev–Trinajstić information content (AvgIpc) is 3.09. The first-order valence-electron chi connectivity index (χ1n) is 5.98. The van der Waals surface area contributed by atoms with Gasteiger partial charge in [0.2, 0.25) is 0 Å². The molecule has 0 bridgehead atoms. The Labute approximate surface area is 125 Å². The van der Waals surface area contributed by atoms with Crippen molar-refractivity contribution in [2.45, 2.75) is 5.37 Å². The van der Waals surface area contributed by atoms with E-state index < -0.39 is 0 Å². The molecule has 2 aromatic rings. The Hall–Kier alpha value is -0.970. The predicted octanol–water partition coefficient (Wildman–Crippen LogP) is 4.29. The van der Waals surface area contributed by atoms with Crippen molar-refractivity contribution in [1.29, 1.82) is 0 Å². The standard InChI is InChI=1S/C14H12ClNOS2/c15-11-5-2-1-4-10(11)13(17)16-7-9-19-14(16)12-6-3-8-18-12/h1-6,8,14H,7,9H2/t14-/m0/s1. The number of thioether (sulfide) groups is 1. The Kier molecular flexibility index (Phi) is 3.82. The highest BCUT2D eigenvalue weighted by atomic mass is 35.5. The molecule has 19 heavy (non-hydrogen) atoms. The predicted molar refractivity (Wildman–Crippen MR) is 82.0 cm³/mol. The Balaban J connectivity index is 1.89. The maximum absolute atomic E-state index is 12.6. The third-order valence-corrected chi connectivity index (χ3v) is 5.69. The van der Waals surface area contributed by atoms with E-state index in [-0.39, 0.29) is 11.3 Å². The second-order valence-electron chi connectivity index (χ2n) is 4.22. The molecule has 1 aromatic carbocycles. The summed E-state index contributed by atoms with van der Waals surface area (Å²) in [5.74, 6) is 0.993. The summed E-state index contributed by atoms with van der Waals surface area (Å²) in [5.41, 5.74) is 0.591. The SMILES string of the molecule is O=C(c1ccccc1Cl)N1CCS[C@H]1c1cccs1. The van der Waals surface area contributed by atoms with Crippen molar-refractivity contribution in [2.75, 3.05) is 12.3 Å². The van der Waals surface area contributed by atoms with Crippen LogP contribution in [0.5, 0.6) is 0 Å². The lowest BCUT2D eigenvalue weighted by Crippen LogP contribution is -2.30. The Morgan fingerprint density at radius 2 is 2.11 bits per heavy atom. The second-order valence-corrected chi connectivity index (χ2v) is 6.79. The minimum Gasteiger partial charge on any atom is -0.321 e. The van der Waals surface area contributed by atoms with Crippen LogP contribution >= 0.6 is 34.7 Å². The highest BCUT2D eigenvalue weighted by Gasteiger charge is 2.32. The van der Waals surface area contributed by atoms with Gasteiger partial charge in [0.15, 0.2) is 0 Å². The maximum atomic E-state index is 12.6. The average molecular weight is 310 g/mol. The summed E-state index contributed by atoms with van der Waals surface area (Å²) in [4.78, 5) is 15.7. The Morgan fingerprint density at radius 1 is 1.26 bits per heavy atom. The van der Waals surface area contributed by atoms with Crippen molar-refractivity contribution >= 4 is 40.6 Å². The Bertz CT molecular complexity index is 585. The highest BCUT2D eigenvalue weighted by molar-refractivity contribution is 7.99. The van der Waals surface area contributed by atoms with Crippen LogP contribution in [-0.4, -0.2) is 23.1 Å². The first-order chi connectivity index (χ1) is 9.27. The molecule has 3 rings (SSSR count).